The van der Waals surface area contributed by atoms with Gasteiger partial charge in [0.15, 0.2) is 5.69 Å². The molecule has 1 rings (SSSR count). The first kappa shape index (κ1) is 12.1. The number of quaternary nitrogens is 1. The Kier molecular flexibility index (Phi) is 3.77. The van der Waals surface area contributed by atoms with E-state index < -0.39 is 15.2 Å². The zero-order valence-corrected chi connectivity index (χ0v) is 8.91. The lowest BCUT2D eigenvalue weighted by Crippen LogP contribution is -2.99. The van der Waals surface area contributed by atoms with E-state index in [0.717, 1.165) is 6.26 Å². The van der Waals surface area contributed by atoms with Crippen LogP contribution in [0.3, 0.4) is 0 Å². The summed E-state index contributed by atoms with van der Waals surface area (Å²) in [5.74, 6) is 0. The molecule has 0 spiro atoms. The first-order valence-electron chi connectivity index (χ1n) is 4.15. The molecule has 0 aliphatic carbocycles. The van der Waals surface area contributed by atoms with Gasteiger partial charge in [-0.2, -0.15) is 5.23 Å². The fraction of sp³-hybridized carbons (Fsp3) is 0.250. The van der Waals surface area contributed by atoms with Gasteiger partial charge < -0.3 is 5.21 Å². The zero-order chi connectivity index (χ0) is 11.5. The van der Waals surface area contributed by atoms with E-state index in [1.165, 1.54) is 12.1 Å². The van der Waals surface area contributed by atoms with Gasteiger partial charge in [-0.1, -0.05) is 12.1 Å². The van der Waals surface area contributed by atoms with Crippen molar-refractivity contribution in [3.05, 3.63) is 35.0 Å². The minimum absolute atomic E-state index is 0.165. The summed E-state index contributed by atoms with van der Waals surface area (Å²) in [6.45, 7) is 0.165. The van der Waals surface area contributed by atoms with Crippen LogP contribution >= 0.6 is 0 Å². The van der Waals surface area contributed by atoms with Crippen molar-refractivity contribution in [1.82, 2.24) is 4.72 Å². The second-order valence-corrected chi connectivity index (χ2v) is 4.93. The van der Waals surface area contributed by atoms with E-state index in [0.29, 0.717) is 5.56 Å². The molecule has 0 aromatic heterocycles. The van der Waals surface area contributed by atoms with Crippen molar-refractivity contribution in [2.24, 2.45) is 0 Å². The summed E-state index contributed by atoms with van der Waals surface area (Å²) in [5, 5.41) is 18.1. The van der Waals surface area contributed by atoms with Crippen LogP contribution in [0.25, 0.3) is 0 Å². The Morgan fingerprint density at radius 2 is 1.93 bits per heavy atom. The molecule has 6 nitrogen and oxygen atoms in total. The monoisotopic (exact) mass is 232 g/mol. The minimum atomic E-state index is -3.22. The molecule has 3 N–H and O–H groups in total. The fourth-order valence-corrected chi connectivity index (χ4v) is 1.41. The van der Waals surface area contributed by atoms with Crippen LogP contribution in [0.15, 0.2) is 24.3 Å². The van der Waals surface area contributed by atoms with Gasteiger partial charge in [0, 0.05) is 18.7 Å². The molecule has 0 bridgehead atoms. The lowest BCUT2D eigenvalue weighted by atomic mass is 10.2. The van der Waals surface area contributed by atoms with Crippen LogP contribution in [0.4, 0.5) is 5.69 Å². The first-order valence-corrected chi connectivity index (χ1v) is 6.04. The van der Waals surface area contributed by atoms with Crippen molar-refractivity contribution in [1.29, 1.82) is 0 Å². The number of hydrogen-bond donors (Lipinski definition) is 3. The summed E-state index contributed by atoms with van der Waals surface area (Å²) in [6.07, 6.45) is 1.07. The molecule has 1 aromatic carbocycles. The molecule has 84 valence electrons. The van der Waals surface area contributed by atoms with Crippen molar-refractivity contribution >= 4 is 15.7 Å². The van der Waals surface area contributed by atoms with E-state index in [1.54, 1.807) is 12.1 Å². The Balaban J connectivity index is 2.65. The third-order valence-electron chi connectivity index (χ3n) is 1.74. The Labute approximate surface area is 87.7 Å². The van der Waals surface area contributed by atoms with E-state index in [2.05, 4.69) is 4.72 Å². The minimum Gasteiger partial charge on any atom is -0.595 e. The fourth-order valence-electron chi connectivity index (χ4n) is 0.980. The quantitative estimate of drug-likeness (QED) is 0.589. The van der Waals surface area contributed by atoms with Gasteiger partial charge in [-0.25, -0.2) is 18.3 Å². The highest BCUT2D eigenvalue weighted by Gasteiger charge is 2.02. The highest BCUT2D eigenvalue weighted by atomic mass is 32.2. The average molecular weight is 232 g/mol. The lowest BCUT2D eigenvalue weighted by Gasteiger charge is -2.11. The number of benzene rings is 1. The van der Waals surface area contributed by atoms with Crippen LogP contribution in [0.1, 0.15) is 5.56 Å². The highest BCUT2D eigenvalue weighted by Crippen LogP contribution is 2.04. The van der Waals surface area contributed by atoms with Crippen molar-refractivity contribution in [2.75, 3.05) is 6.26 Å². The van der Waals surface area contributed by atoms with Crippen LogP contribution in [0, 0.1) is 5.21 Å². The number of rotatable bonds is 4. The summed E-state index contributed by atoms with van der Waals surface area (Å²) < 4.78 is 23.9. The average Bonchev–Trinajstić information content (AvgIpc) is 2.14. The molecular formula is C8H12N2O4S. The molecule has 0 saturated carbocycles. The molecule has 1 aromatic rings. The van der Waals surface area contributed by atoms with Gasteiger partial charge in [-0.3, -0.25) is 0 Å². The van der Waals surface area contributed by atoms with E-state index in [1.807, 2.05) is 0 Å². The second kappa shape index (κ2) is 4.69. The molecule has 0 amide bonds. The number of sulfonamides is 1. The summed E-state index contributed by atoms with van der Waals surface area (Å²) >= 11 is 0. The molecule has 0 aliphatic heterocycles. The van der Waals surface area contributed by atoms with Crippen molar-refractivity contribution in [3.63, 3.8) is 0 Å². The summed E-state index contributed by atoms with van der Waals surface area (Å²) in [4.78, 5) is 0. The maximum Gasteiger partial charge on any atom is 0.209 e. The molecule has 0 aliphatic rings. The Hall–Kier alpha value is -0.990. The lowest BCUT2D eigenvalue weighted by molar-refractivity contribution is -0.991. The molecule has 1 atom stereocenters. The Bertz CT molecular complexity index is 413. The summed E-state index contributed by atoms with van der Waals surface area (Å²) in [5.41, 5.74) is 0.892. The smallest absolute Gasteiger partial charge is 0.209 e. The molecular weight excluding hydrogens is 220 g/mol. The van der Waals surface area contributed by atoms with Crippen LogP contribution in [-0.2, 0) is 16.6 Å². The normalized spacial score (nSPS) is 13.8. The highest BCUT2D eigenvalue weighted by molar-refractivity contribution is 7.88. The van der Waals surface area contributed by atoms with Gasteiger partial charge in [0.05, 0.1) is 6.26 Å². The van der Waals surface area contributed by atoms with Crippen molar-refractivity contribution < 1.29 is 18.9 Å². The second-order valence-electron chi connectivity index (χ2n) is 3.10. The van der Waals surface area contributed by atoms with Crippen LogP contribution in [0.2, 0.25) is 0 Å². The van der Waals surface area contributed by atoms with Crippen LogP contribution < -0.4 is 9.95 Å². The number of hydrogen-bond acceptors (Lipinski definition) is 4. The maximum atomic E-state index is 10.8. The standard InChI is InChI=1S/C8H12N2O4S/c1-15(13,14)9-6-7-2-4-8(5-3-7)10(11)12/h2-5,9-11H,6H2,1H3. The Morgan fingerprint density at radius 3 is 2.33 bits per heavy atom. The van der Waals surface area contributed by atoms with Gasteiger partial charge >= 0.3 is 0 Å². The van der Waals surface area contributed by atoms with E-state index in [-0.39, 0.29) is 12.2 Å². The van der Waals surface area contributed by atoms with Crippen LogP contribution in [-0.4, -0.2) is 19.9 Å². The van der Waals surface area contributed by atoms with Crippen molar-refractivity contribution in [3.8, 4) is 0 Å². The van der Waals surface area contributed by atoms with Gasteiger partial charge in [-0.15, -0.1) is 0 Å². The molecule has 0 fully saturated rings. The molecule has 7 heteroatoms. The van der Waals surface area contributed by atoms with E-state index in [4.69, 9.17) is 5.21 Å². The third kappa shape index (κ3) is 4.36. The van der Waals surface area contributed by atoms with E-state index >= 15 is 0 Å². The maximum absolute atomic E-state index is 10.8. The zero-order valence-electron chi connectivity index (χ0n) is 8.10. The van der Waals surface area contributed by atoms with E-state index in [9.17, 15) is 13.6 Å². The predicted molar refractivity (Wildman–Crippen MR) is 53.9 cm³/mol. The largest absolute Gasteiger partial charge is 0.595 e. The predicted octanol–water partition coefficient (Wildman–Crippen LogP) is -0.861. The molecule has 0 radical (unpaired) electrons. The molecule has 0 saturated heterocycles. The van der Waals surface area contributed by atoms with Gasteiger partial charge in [0.1, 0.15) is 0 Å². The Morgan fingerprint density at radius 1 is 1.40 bits per heavy atom. The molecule has 1 unspecified atom stereocenters. The van der Waals surface area contributed by atoms with Gasteiger partial charge in [0.2, 0.25) is 10.0 Å². The third-order valence-corrected chi connectivity index (χ3v) is 2.41. The van der Waals surface area contributed by atoms with Crippen molar-refractivity contribution in [2.45, 2.75) is 6.54 Å². The molecule has 15 heavy (non-hydrogen) atoms. The van der Waals surface area contributed by atoms with Gasteiger partial charge in [-0.05, 0) is 5.56 Å². The van der Waals surface area contributed by atoms with Crippen LogP contribution in [0.5, 0.6) is 0 Å². The number of nitrogens with one attached hydrogen (secondary N) is 2. The SMILES string of the molecule is CS(=O)(=O)NCc1ccc([NH+]([O-])O)cc1. The molecule has 0 heterocycles. The summed E-state index contributed by atoms with van der Waals surface area (Å²) in [7, 11) is -3.22. The first-order chi connectivity index (χ1) is 6.88. The topological polar surface area (TPSA) is 93.9 Å². The summed E-state index contributed by atoms with van der Waals surface area (Å²) in [6, 6.07) is 6.01. The van der Waals surface area contributed by atoms with Gasteiger partial charge in [0.25, 0.3) is 0 Å².